The third kappa shape index (κ3) is 4.35. The van der Waals surface area contributed by atoms with E-state index in [1.54, 1.807) is 25.1 Å². The summed E-state index contributed by atoms with van der Waals surface area (Å²) in [4.78, 5) is 32.4. The summed E-state index contributed by atoms with van der Waals surface area (Å²) < 4.78 is 27.5. The molecule has 0 bridgehead atoms. The van der Waals surface area contributed by atoms with E-state index in [-0.39, 0.29) is 11.4 Å². The molecule has 6 nitrogen and oxygen atoms in total. The van der Waals surface area contributed by atoms with Gasteiger partial charge in [-0.1, -0.05) is 18.2 Å². The van der Waals surface area contributed by atoms with Gasteiger partial charge in [0.25, 0.3) is 11.8 Å². The molecule has 0 aliphatic carbocycles. The zero-order valence-corrected chi connectivity index (χ0v) is 14.1. The molecule has 2 aromatic rings. The molecule has 0 spiro atoms. The van der Waals surface area contributed by atoms with E-state index in [0.29, 0.717) is 5.82 Å². The number of anilines is 1. The first kappa shape index (κ1) is 18.9. The number of rotatable bonds is 5. The van der Waals surface area contributed by atoms with Gasteiger partial charge in [-0.3, -0.25) is 14.6 Å². The Hall–Kier alpha value is -3.42. The highest BCUT2D eigenvalue weighted by molar-refractivity contribution is 6.49. The van der Waals surface area contributed by atoms with Crippen molar-refractivity contribution in [3.05, 3.63) is 71.6 Å². The van der Waals surface area contributed by atoms with Gasteiger partial charge in [0.2, 0.25) is 0 Å². The fraction of sp³-hybridized carbons (Fsp3) is 0.111. The molecule has 0 saturated carbocycles. The monoisotopic (exact) mass is 358 g/mol. The van der Waals surface area contributed by atoms with E-state index in [0.717, 1.165) is 18.2 Å². The van der Waals surface area contributed by atoms with E-state index in [2.05, 4.69) is 20.6 Å². The van der Waals surface area contributed by atoms with Crippen LogP contribution < -0.4 is 10.6 Å². The first-order valence-electron chi connectivity index (χ1n) is 7.59. The van der Waals surface area contributed by atoms with E-state index in [1.807, 2.05) is 0 Å². The Labute approximate surface area is 148 Å². The first-order valence-corrected chi connectivity index (χ1v) is 7.59. The van der Waals surface area contributed by atoms with Gasteiger partial charge in [0.05, 0.1) is 5.70 Å². The molecule has 1 heterocycles. The summed E-state index contributed by atoms with van der Waals surface area (Å²) in [5, 5.41) is 4.83. The smallest absolute Gasteiger partial charge is 0.277 e. The lowest BCUT2D eigenvalue weighted by Crippen LogP contribution is -2.35. The van der Waals surface area contributed by atoms with Gasteiger partial charge in [-0.2, -0.15) is 0 Å². The second-order valence-corrected chi connectivity index (χ2v) is 4.99. The fourth-order valence-electron chi connectivity index (χ4n) is 2.12. The quantitative estimate of drug-likeness (QED) is 0.806. The van der Waals surface area contributed by atoms with Crippen LogP contribution in [0, 0.1) is 11.6 Å². The minimum Gasteiger partial charge on any atom is -0.320 e. The van der Waals surface area contributed by atoms with Crippen LogP contribution in [0.5, 0.6) is 0 Å². The molecule has 134 valence electrons. The van der Waals surface area contributed by atoms with Crippen molar-refractivity contribution in [2.24, 2.45) is 4.99 Å². The van der Waals surface area contributed by atoms with Gasteiger partial charge in [-0.25, -0.2) is 13.8 Å². The van der Waals surface area contributed by atoms with Crippen LogP contribution in [-0.4, -0.2) is 29.6 Å². The van der Waals surface area contributed by atoms with Gasteiger partial charge in [-0.05, 0) is 31.2 Å². The number of carbonyl (C=O) groups excluding carboxylic acids is 2. The predicted octanol–water partition coefficient (Wildman–Crippen LogP) is 2.70. The molecular weight excluding hydrogens is 342 g/mol. The van der Waals surface area contributed by atoms with Crippen molar-refractivity contribution in [3.63, 3.8) is 0 Å². The molecule has 1 aromatic heterocycles. The van der Waals surface area contributed by atoms with Gasteiger partial charge in [0.1, 0.15) is 28.7 Å². The maximum absolute atomic E-state index is 13.7. The Morgan fingerprint density at radius 2 is 1.81 bits per heavy atom. The number of hydrogen-bond acceptors (Lipinski definition) is 4. The molecule has 2 rings (SSSR count). The van der Waals surface area contributed by atoms with Crippen molar-refractivity contribution in [3.8, 4) is 0 Å². The predicted molar refractivity (Wildman–Crippen MR) is 93.8 cm³/mol. The van der Waals surface area contributed by atoms with Gasteiger partial charge >= 0.3 is 0 Å². The summed E-state index contributed by atoms with van der Waals surface area (Å²) in [6.07, 6.45) is 2.90. The van der Waals surface area contributed by atoms with Crippen molar-refractivity contribution in [1.82, 2.24) is 10.3 Å². The summed E-state index contributed by atoms with van der Waals surface area (Å²) in [7, 11) is 1.35. The van der Waals surface area contributed by atoms with Crippen LogP contribution in [0.2, 0.25) is 0 Å². The Balaban J connectivity index is 2.21. The second-order valence-electron chi connectivity index (χ2n) is 4.99. The summed E-state index contributed by atoms with van der Waals surface area (Å²) in [6.45, 7) is 1.55. The molecule has 2 N–H and O–H groups in total. The maximum Gasteiger partial charge on any atom is 0.277 e. The number of carbonyl (C=O) groups is 2. The number of nitrogens with zero attached hydrogens (tertiary/aromatic N) is 2. The Morgan fingerprint density at radius 3 is 2.35 bits per heavy atom. The minimum atomic E-state index is -1.03. The highest BCUT2D eigenvalue weighted by atomic mass is 19.1. The van der Waals surface area contributed by atoms with Crippen molar-refractivity contribution in [2.75, 3.05) is 12.4 Å². The number of benzene rings is 1. The van der Waals surface area contributed by atoms with E-state index in [9.17, 15) is 18.4 Å². The maximum atomic E-state index is 13.7. The number of aliphatic imine (C=N–C) groups is 1. The lowest BCUT2D eigenvalue weighted by Gasteiger charge is -2.13. The first-order chi connectivity index (χ1) is 12.5. The normalized spacial score (nSPS) is 11.8. The van der Waals surface area contributed by atoms with E-state index in [1.165, 1.54) is 19.3 Å². The molecule has 2 amide bonds. The molecule has 0 saturated heterocycles. The third-order valence-electron chi connectivity index (χ3n) is 3.33. The van der Waals surface area contributed by atoms with E-state index >= 15 is 0 Å². The van der Waals surface area contributed by atoms with E-state index < -0.39 is 29.0 Å². The number of allylic oxidation sites excluding steroid dienone is 1. The lowest BCUT2D eigenvalue weighted by atomic mass is 10.1. The van der Waals surface area contributed by atoms with Gasteiger partial charge in [-0.15, -0.1) is 0 Å². The molecule has 0 radical (unpaired) electrons. The van der Waals surface area contributed by atoms with Crippen LogP contribution in [0.3, 0.4) is 0 Å². The summed E-state index contributed by atoms with van der Waals surface area (Å²) in [6, 6.07) is 8.03. The van der Waals surface area contributed by atoms with Gasteiger partial charge in [0.15, 0.2) is 0 Å². The van der Waals surface area contributed by atoms with Crippen LogP contribution in [0.1, 0.15) is 17.3 Å². The Bertz CT molecular complexity index is 860. The van der Waals surface area contributed by atoms with Crippen LogP contribution in [0.4, 0.5) is 14.6 Å². The summed E-state index contributed by atoms with van der Waals surface area (Å²) >= 11 is 0. The average Bonchev–Trinajstić information content (AvgIpc) is 2.62. The van der Waals surface area contributed by atoms with Crippen molar-refractivity contribution in [2.45, 2.75) is 6.92 Å². The Morgan fingerprint density at radius 1 is 1.12 bits per heavy atom. The number of aromatic nitrogens is 1. The number of amides is 2. The van der Waals surface area contributed by atoms with E-state index in [4.69, 9.17) is 0 Å². The molecule has 0 atom stereocenters. The standard InChI is InChI=1S/C18H16F2N4O2/c1-3-13(23-17(25)15-11(19)7-6-8-12(15)20)16(21-2)18(26)24-14-9-4-5-10-22-14/h3-10H,1-2H3,(H,23,25)(H,22,24,26)/b13-3+,21-16+. The molecule has 1 aromatic carbocycles. The van der Waals surface area contributed by atoms with Crippen LogP contribution in [-0.2, 0) is 4.79 Å². The topological polar surface area (TPSA) is 83.5 Å². The summed E-state index contributed by atoms with van der Waals surface area (Å²) in [5.74, 6) is -3.38. The van der Waals surface area contributed by atoms with Gasteiger partial charge in [0, 0.05) is 13.2 Å². The number of nitrogens with one attached hydrogen (secondary N) is 2. The zero-order chi connectivity index (χ0) is 19.1. The SMILES string of the molecule is C/C=C(NC(=O)c1c(F)cccc1F)\C(=N/C)C(=O)Nc1ccccn1. The van der Waals surface area contributed by atoms with Gasteiger partial charge < -0.3 is 10.6 Å². The largest absolute Gasteiger partial charge is 0.320 e. The number of hydrogen-bond donors (Lipinski definition) is 2. The minimum absolute atomic E-state index is 0.00795. The molecule has 0 fully saturated rings. The van der Waals surface area contributed by atoms with Crippen LogP contribution >= 0.6 is 0 Å². The molecular formula is C18H16F2N4O2. The van der Waals surface area contributed by atoms with Crippen LogP contribution in [0.25, 0.3) is 0 Å². The lowest BCUT2D eigenvalue weighted by molar-refractivity contribution is -0.110. The third-order valence-corrected chi connectivity index (χ3v) is 3.33. The van der Waals surface area contributed by atoms with Crippen molar-refractivity contribution in [1.29, 1.82) is 0 Å². The zero-order valence-electron chi connectivity index (χ0n) is 14.1. The van der Waals surface area contributed by atoms with Crippen molar-refractivity contribution >= 4 is 23.3 Å². The molecule has 0 unspecified atom stereocenters. The second kappa shape index (κ2) is 8.61. The molecule has 8 heteroatoms. The Kier molecular flexibility index (Phi) is 6.26. The number of halogens is 2. The van der Waals surface area contributed by atoms with Crippen molar-refractivity contribution < 1.29 is 18.4 Å². The average molecular weight is 358 g/mol. The highest BCUT2D eigenvalue weighted by Gasteiger charge is 2.22. The molecule has 0 aliphatic heterocycles. The summed E-state index contributed by atoms with van der Waals surface area (Å²) in [5.41, 5.74) is -0.857. The van der Waals surface area contributed by atoms with Crippen LogP contribution in [0.15, 0.2) is 59.4 Å². The number of pyridine rings is 1. The molecule has 26 heavy (non-hydrogen) atoms. The highest BCUT2D eigenvalue weighted by Crippen LogP contribution is 2.13. The molecule has 0 aliphatic rings. The fourth-order valence-corrected chi connectivity index (χ4v) is 2.12.